The molecule has 138 valence electrons. The average molecular weight is 387 g/mol. The summed E-state index contributed by atoms with van der Waals surface area (Å²) in [6.07, 6.45) is 1.42. The topological polar surface area (TPSA) is 79.5 Å². The highest BCUT2D eigenvalue weighted by atomic mass is 35.5. The lowest BCUT2D eigenvalue weighted by Crippen LogP contribution is -2.17. The summed E-state index contributed by atoms with van der Waals surface area (Å²) in [5.41, 5.74) is 4.83. The number of aromatic hydroxyl groups is 1. The molecule has 1 amide bonds. The highest BCUT2D eigenvalue weighted by Crippen LogP contribution is 2.19. The summed E-state index contributed by atoms with van der Waals surface area (Å²) in [6.45, 7) is 2.16. The van der Waals surface area contributed by atoms with E-state index in [1.54, 1.807) is 23.7 Å². The Kier molecular flexibility index (Phi) is 5.52. The van der Waals surface area contributed by atoms with Gasteiger partial charge in [-0.15, -0.1) is 0 Å². The van der Waals surface area contributed by atoms with Crippen LogP contribution in [-0.2, 0) is 6.54 Å². The minimum atomic E-state index is -0.418. The second-order valence-corrected chi connectivity index (χ2v) is 6.18. The molecule has 0 spiro atoms. The zero-order valence-corrected chi connectivity index (χ0v) is 15.1. The summed E-state index contributed by atoms with van der Waals surface area (Å²) in [5.74, 6) is -0.650. The van der Waals surface area contributed by atoms with E-state index in [-0.39, 0.29) is 11.6 Å². The van der Waals surface area contributed by atoms with Crippen molar-refractivity contribution >= 4 is 23.7 Å². The van der Waals surface area contributed by atoms with Gasteiger partial charge in [-0.05, 0) is 48.9 Å². The number of amides is 1. The fourth-order valence-corrected chi connectivity index (χ4v) is 2.70. The van der Waals surface area contributed by atoms with Crippen molar-refractivity contribution in [2.45, 2.75) is 13.5 Å². The first kappa shape index (κ1) is 18.6. The van der Waals surface area contributed by atoms with E-state index in [2.05, 4.69) is 15.6 Å². The van der Waals surface area contributed by atoms with E-state index >= 15 is 0 Å². The number of aromatic nitrogens is 2. The molecule has 0 saturated carbocycles. The Morgan fingerprint density at radius 3 is 2.59 bits per heavy atom. The van der Waals surface area contributed by atoms with Gasteiger partial charge in [0.05, 0.1) is 24.0 Å². The monoisotopic (exact) mass is 386 g/mol. The predicted octanol–water partition coefficient (Wildman–Crippen LogP) is 3.50. The van der Waals surface area contributed by atoms with E-state index in [1.165, 1.54) is 42.6 Å². The van der Waals surface area contributed by atoms with Crippen molar-refractivity contribution in [1.29, 1.82) is 0 Å². The summed E-state index contributed by atoms with van der Waals surface area (Å²) in [5, 5.41) is 17.9. The van der Waals surface area contributed by atoms with Gasteiger partial charge in [0.25, 0.3) is 5.91 Å². The Morgan fingerprint density at radius 2 is 1.93 bits per heavy atom. The zero-order valence-electron chi connectivity index (χ0n) is 14.4. The van der Waals surface area contributed by atoms with Gasteiger partial charge in [-0.3, -0.25) is 4.79 Å². The number of benzene rings is 2. The molecule has 0 atom stereocenters. The maximum Gasteiger partial charge on any atom is 0.271 e. The van der Waals surface area contributed by atoms with Crippen molar-refractivity contribution in [2.24, 2.45) is 5.10 Å². The third-order valence-corrected chi connectivity index (χ3v) is 4.24. The SMILES string of the molecule is Cc1nn(Cc2ccc(F)cc2)c(Cl)c1/C=N/NC(=O)c1ccc(O)cc1. The number of aryl methyl sites for hydroxylation is 1. The highest BCUT2D eigenvalue weighted by Gasteiger charge is 2.12. The van der Waals surface area contributed by atoms with Crippen LogP contribution in [0.15, 0.2) is 53.6 Å². The molecule has 0 aliphatic rings. The van der Waals surface area contributed by atoms with E-state index in [0.717, 1.165) is 5.56 Å². The van der Waals surface area contributed by atoms with Crippen molar-refractivity contribution in [3.05, 3.63) is 81.9 Å². The number of phenols is 1. The first-order valence-corrected chi connectivity index (χ1v) is 8.41. The number of halogens is 2. The standard InChI is InChI=1S/C19H16ClFN4O2/c1-12-17(10-22-23-19(27)14-4-8-16(26)9-5-14)18(20)25(24-12)11-13-2-6-15(21)7-3-13/h2-10,26H,11H2,1H3,(H,23,27)/b22-10+. The second kappa shape index (κ2) is 8.01. The lowest BCUT2D eigenvalue weighted by molar-refractivity contribution is 0.0955. The summed E-state index contributed by atoms with van der Waals surface area (Å²) >= 11 is 6.36. The molecule has 8 heteroatoms. The molecule has 0 aliphatic carbocycles. The van der Waals surface area contributed by atoms with Gasteiger partial charge >= 0.3 is 0 Å². The van der Waals surface area contributed by atoms with Crippen molar-refractivity contribution in [2.75, 3.05) is 0 Å². The largest absolute Gasteiger partial charge is 0.508 e. The molecule has 27 heavy (non-hydrogen) atoms. The maximum absolute atomic E-state index is 13.0. The Balaban J connectivity index is 1.70. The quantitative estimate of drug-likeness (QED) is 0.520. The molecule has 2 N–H and O–H groups in total. The minimum absolute atomic E-state index is 0.0750. The number of carbonyl (C=O) groups is 1. The Bertz CT molecular complexity index is 982. The third kappa shape index (κ3) is 4.51. The van der Waals surface area contributed by atoms with Crippen molar-refractivity contribution in [3.63, 3.8) is 0 Å². The fraction of sp³-hybridized carbons (Fsp3) is 0.105. The van der Waals surface area contributed by atoms with Gasteiger partial charge in [-0.1, -0.05) is 23.7 Å². The number of hydrazone groups is 1. The van der Waals surface area contributed by atoms with Gasteiger partial charge in [0.15, 0.2) is 0 Å². The fourth-order valence-electron chi connectivity index (χ4n) is 2.41. The number of hydrogen-bond donors (Lipinski definition) is 2. The van der Waals surface area contributed by atoms with Crippen LogP contribution in [0, 0.1) is 12.7 Å². The number of hydrogen-bond acceptors (Lipinski definition) is 4. The van der Waals surface area contributed by atoms with Crippen molar-refractivity contribution in [1.82, 2.24) is 15.2 Å². The molecule has 1 aromatic heterocycles. The molecule has 3 aromatic rings. The van der Waals surface area contributed by atoms with Crippen LogP contribution in [0.2, 0.25) is 5.15 Å². The van der Waals surface area contributed by atoms with Crippen LogP contribution in [0.25, 0.3) is 0 Å². The summed E-state index contributed by atoms with van der Waals surface area (Å²) in [4.78, 5) is 12.0. The first-order chi connectivity index (χ1) is 12.9. The molecule has 6 nitrogen and oxygen atoms in total. The van der Waals surface area contributed by atoms with Gasteiger partial charge < -0.3 is 5.11 Å². The minimum Gasteiger partial charge on any atom is -0.508 e. The molecule has 2 aromatic carbocycles. The van der Waals surface area contributed by atoms with Crippen LogP contribution in [0.5, 0.6) is 5.75 Å². The number of nitrogens with one attached hydrogen (secondary N) is 1. The van der Waals surface area contributed by atoms with Gasteiger partial charge in [0.2, 0.25) is 0 Å². The molecule has 0 fully saturated rings. The summed E-state index contributed by atoms with van der Waals surface area (Å²) < 4.78 is 14.6. The molecule has 0 radical (unpaired) electrons. The molecule has 3 rings (SSSR count). The zero-order chi connectivity index (χ0) is 19.4. The number of rotatable bonds is 5. The van der Waals surface area contributed by atoms with Crippen LogP contribution in [-0.4, -0.2) is 27.0 Å². The molecular weight excluding hydrogens is 371 g/mol. The smallest absolute Gasteiger partial charge is 0.271 e. The van der Waals surface area contributed by atoms with Gasteiger partial charge in [-0.2, -0.15) is 10.2 Å². The number of carbonyl (C=O) groups excluding carboxylic acids is 1. The van der Waals surface area contributed by atoms with E-state index < -0.39 is 5.91 Å². The molecular formula is C19H16ClFN4O2. The highest BCUT2D eigenvalue weighted by molar-refractivity contribution is 6.32. The van der Waals surface area contributed by atoms with Gasteiger partial charge in [-0.25, -0.2) is 14.5 Å². The first-order valence-electron chi connectivity index (χ1n) is 8.04. The van der Waals surface area contributed by atoms with Gasteiger partial charge in [0, 0.05) is 5.56 Å². The van der Waals surface area contributed by atoms with Crippen LogP contribution in [0.3, 0.4) is 0 Å². The molecule has 1 heterocycles. The van der Waals surface area contributed by atoms with E-state index in [4.69, 9.17) is 11.6 Å². The Labute approximate surface area is 159 Å². The van der Waals surface area contributed by atoms with Gasteiger partial charge in [0.1, 0.15) is 16.7 Å². The summed E-state index contributed by atoms with van der Waals surface area (Å²) in [7, 11) is 0. The summed E-state index contributed by atoms with van der Waals surface area (Å²) in [6, 6.07) is 11.9. The third-order valence-electron chi connectivity index (χ3n) is 3.84. The van der Waals surface area contributed by atoms with E-state index in [1.807, 2.05) is 0 Å². The Hall–Kier alpha value is -3.19. The normalized spacial score (nSPS) is 11.1. The number of nitrogens with zero attached hydrogens (tertiary/aromatic N) is 3. The lowest BCUT2D eigenvalue weighted by atomic mass is 10.2. The van der Waals surface area contributed by atoms with Crippen molar-refractivity contribution in [3.8, 4) is 5.75 Å². The molecule has 0 unspecified atom stereocenters. The molecule has 0 aliphatic heterocycles. The van der Waals surface area contributed by atoms with Crippen LogP contribution < -0.4 is 5.43 Å². The van der Waals surface area contributed by atoms with E-state index in [9.17, 15) is 14.3 Å². The average Bonchev–Trinajstić information content (AvgIpc) is 2.91. The van der Waals surface area contributed by atoms with Crippen LogP contribution >= 0.6 is 11.6 Å². The van der Waals surface area contributed by atoms with Crippen molar-refractivity contribution < 1.29 is 14.3 Å². The second-order valence-electron chi connectivity index (χ2n) is 5.82. The van der Waals surface area contributed by atoms with E-state index in [0.29, 0.717) is 28.5 Å². The lowest BCUT2D eigenvalue weighted by Gasteiger charge is -2.03. The maximum atomic E-state index is 13.0. The number of phenolic OH excluding ortho intramolecular Hbond substituents is 1. The molecule has 0 bridgehead atoms. The van der Waals surface area contributed by atoms with Crippen LogP contribution in [0.4, 0.5) is 4.39 Å². The predicted molar refractivity (Wildman–Crippen MR) is 101 cm³/mol. The van der Waals surface area contributed by atoms with Crippen LogP contribution in [0.1, 0.15) is 27.2 Å². The molecule has 0 saturated heterocycles. The Morgan fingerprint density at radius 1 is 1.26 bits per heavy atom.